The summed E-state index contributed by atoms with van der Waals surface area (Å²) in [4.78, 5) is 33.0. The van der Waals surface area contributed by atoms with Crippen LogP contribution in [0, 0.1) is 6.92 Å². The van der Waals surface area contributed by atoms with Crippen LogP contribution in [0.4, 0.5) is 5.69 Å². The van der Waals surface area contributed by atoms with E-state index < -0.39 is 6.04 Å². The topological polar surface area (TPSA) is 91.2 Å². The molecule has 7 heteroatoms. The van der Waals surface area contributed by atoms with Crippen LogP contribution in [0.3, 0.4) is 0 Å². The maximum Gasteiger partial charge on any atom is 0.254 e. The number of carbonyl (C=O) groups excluding carboxylic acids is 2. The smallest absolute Gasteiger partial charge is 0.254 e. The quantitative estimate of drug-likeness (QED) is 0.547. The number of likely N-dealkylation sites (tertiary alicyclic amines) is 1. The van der Waals surface area contributed by atoms with Crippen molar-refractivity contribution in [2.24, 2.45) is 5.16 Å². The van der Waals surface area contributed by atoms with Gasteiger partial charge in [0.2, 0.25) is 5.91 Å². The van der Waals surface area contributed by atoms with E-state index in [1.54, 1.807) is 36.4 Å². The lowest BCUT2D eigenvalue weighted by atomic mass is 9.99. The van der Waals surface area contributed by atoms with Crippen molar-refractivity contribution < 1.29 is 19.5 Å². The van der Waals surface area contributed by atoms with Crippen molar-refractivity contribution >= 4 is 23.2 Å². The number of aliphatic hydroxyl groups is 1. The molecule has 3 aromatic rings. The average molecular weight is 458 g/mol. The number of anilines is 1. The van der Waals surface area contributed by atoms with Crippen LogP contribution in [0.2, 0.25) is 0 Å². The zero-order chi connectivity index (χ0) is 24.1. The van der Waals surface area contributed by atoms with Crippen molar-refractivity contribution in [3.63, 3.8) is 0 Å². The summed E-state index contributed by atoms with van der Waals surface area (Å²) in [6.07, 6.45) is 0.272. The monoisotopic (exact) mass is 457 g/mol. The van der Waals surface area contributed by atoms with E-state index >= 15 is 0 Å². The van der Waals surface area contributed by atoms with E-state index in [1.807, 2.05) is 43.3 Å². The fourth-order valence-electron chi connectivity index (χ4n) is 4.20. The van der Waals surface area contributed by atoms with Gasteiger partial charge in [0, 0.05) is 23.2 Å². The van der Waals surface area contributed by atoms with E-state index in [9.17, 15) is 14.7 Å². The Labute approximate surface area is 198 Å². The van der Waals surface area contributed by atoms with Crippen LogP contribution in [0.1, 0.15) is 27.9 Å². The van der Waals surface area contributed by atoms with E-state index in [0.717, 1.165) is 16.7 Å². The highest BCUT2D eigenvalue weighted by molar-refractivity contribution is 6.08. The third kappa shape index (κ3) is 4.84. The highest BCUT2D eigenvalue weighted by atomic mass is 16.6. The van der Waals surface area contributed by atoms with E-state index in [4.69, 9.17) is 4.84 Å². The lowest BCUT2D eigenvalue weighted by Crippen LogP contribution is -2.43. The molecule has 1 aliphatic rings. The maximum absolute atomic E-state index is 13.4. The number of benzene rings is 3. The molecule has 1 aliphatic heterocycles. The highest BCUT2D eigenvalue weighted by Crippen LogP contribution is 2.26. The van der Waals surface area contributed by atoms with Crippen molar-refractivity contribution in [3.05, 3.63) is 89.5 Å². The van der Waals surface area contributed by atoms with Gasteiger partial charge in [-0.25, -0.2) is 0 Å². The first kappa shape index (κ1) is 23.2. The molecule has 1 fully saturated rings. The molecule has 174 valence electrons. The Bertz CT molecular complexity index is 1220. The van der Waals surface area contributed by atoms with E-state index in [-0.39, 0.29) is 31.4 Å². The summed E-state index contributed by atoms with van der Waals surface area (Å²) >= 11 is 0. The lowest BCUT2D eigenvalue weighted by molar-refractivity contribution is -0.119. The molecular weight excluding hydrogens is 430 g/mol. The second-order valence-electron chi connectivity index (χ2n) is 8.19. The first-order valence-electron chi connectivity index (χ1n) is 11.1. The third-order valence-electron chi connectivity index (χ3n) is 5.98. The van der Waals surface area contributed by atoms with Crippen LogP contribution in [-0.2, 0) is 16.2 Å². The van der Waals surface area contributed by atoms with Gasteiger partial charge in [0.15, 0.2) is 0 Å². The van der Waals surface area contributed by atoms with Gasteiger partial charge in [-0.2, -0.15) is 0 Å². The Hall–Kier alpha value is -3.97. The first-order valence-corrected chi connectivity index (χ1v) is 11.1. The molecule has 0 unspecified atom stereocenters. The minimum atomic E-state index is -0.746. The van der Waals surface area contributed by atoms with Crippen molar-refractivity contribution in [3.8, 4) is 11.1 Å². The summed E-state index contributed by atoms with van der Waals surface area (Å²) in [5.74, 6) is -0.597. The summed E-state index contributed by atoms with van der Waals surface area (Å²) in [5.41, 5.74) is 5.50. The number of nitrogens with one attached hydrogen (secondary N) is 1. The van der Waals surface area contributed by atoms with Gasteiger partial charge >= 0.3 is 0 Å². The molecule has 2 amide bonds. The van der Waals surface area contributed by atoms with Crippen LogP contribution < -0.4 is 5.32 Å². The van der Waals surface area contributed by atoms with Crippen LogP contribution >= 0.6 is 0 Å². The first-order chi connectivity index (χ1) is 16.5. The van der Waals surface area contributed by atoms with Gasteiger partial charge in [-0.05, 0) is 41.8 Å². The molecule has 2 N–H and O–H groups in total. The summed E-state index contributed by atoms with van der Waals surface area (Å²) in [7, 11) is 1.44. The fraction of sp³-hybridized carbons (Fsp3) is 0.222. The maximum atomic E-state index is 13.4. The minimum Gasteiger partial charge on any atom is -0.399 e. The van der Waals surface area contributed by atoms with Crippen LogP contribution in [0.5, 0.6) is 0 Å². The number of aryl methyl sites for hydroxylation is 1. The van der Waals surface area contributed by atoms with E-state index in [0.29, 0.717) is 22.5 Å². The van der Waals surface area contributed by atoms with Gasteiger partial charge in [0.1, 0.15) is 13.2 Å². The molecule has 0 aliphatic carbocycles. The molecule has 0 bridgehead atoms. The lowest BCUT2D eigenvalue weighted by Gasteiger charge is -2.24. The molecule has 7 nitrogen and oxygen atoms in total. The minimum absolute atomic E-state index is 0.200. The molecule has 3 aromatic carbocycles. The van der Waals surface area contributed by atoms with Gasteiger partial charge in [0.05, 0.1) is 18.9 Å². The number of hydrogen-bond donors (Lipinski definition) is 2. The molecule has 1 atom stereocenters. The molecule has 1 heterocycles. The SMILES string of the molecule is CO/N=C1/C[C@@H](C(=O)Nc2ccccc2CO)N(C(=O)c2ccc(-c3ccccc3C)cc2)C1. The van der Waals surface area contributed by atoms with Gasteiger partial charge < -0.3 is 20.2 Å². The Balaban J connectivity index is 1.57. The van der Waals surface area contributed by atoms with E-state index in [2.05, 4.69) is 10.5 Å². The molecule has 0 saturated carbocycles. The molecule has 0 spiro atoms. The number of para-hydroxylation sites is 1. The molecular formula is C27H27N3O4. The zero-order valence-electron chi connectivity index (χ0n) is 19.2. The number of oxime groups is 1. The van der Waals surface area contributed by atoms with Gasteiger partial charge in [-0.15, -0.1) is 0 Å². The van der Waals surface area contributed by atoms with Gasteiger partial charge in [0.25, 0.3) is 5.91 Å². The van der Waals surface area contributed by atoms with Crippen LogP contribution in [0.15, 0.2) is 78.0 Å². The third-order valence-corrected chi connectivity index (χ3v) is 5.98. The Kier molecular flexibility index (Phi) is 7.04. The molecule has 1 saturated heterocycles. The van der Waals surface area contributed by atoms with Crippen LogP contribution in [0.25, 0.3) is 11.1 Å². The number of hydrogen-bond acceptors (Lipinski definition) is 5. The Morgan fingerprint density at radius 2 is 1.76 bits per heavy atom. The zero-order valence-corrected chi connectivity index (χ0v) is 19.2. The number of amides is 2. The molecule has 0 aromatic heterocycles. The summed E-state index contributed by atoms with van der Waals surface area (Å²) < 4.78 is 0. The second-order valence-corrected chi connectivity index (χ2v) is 8.19. The second kappa shape index (κ2) is 10.3. The van der Waals surface area contributed by atoms with Crippen molar-refractivity contribution in [2.45, 2.75) is 26.0 Å². The number of rotatable bonds is 6. The fourth-order valence-corrected chi connectivity index (χ4v) is 4.20. The van der Waals surface area contributed by atoms with Crippen molar-refractivity contribution in [1.29, 1.82) is 0 Å². The molecule has 34 heavy (non-hydrogen) atoms. The van der Waals surface area contributed by atoms with Crippen LogP contribution in [-0.4, -0.2) is 47.2 Å². The molecule has 0 radical (unpaired) electrons. The predicted octanol–water partition coefficient (Wildman–Crippen LogP) is 4.01. The summed E-state index contributed by atoms with van der Waals surface area (Å²) in [6.45, 7) is 2.05. The number of aliphatic hydroxyl groups excluding tert-OH is 1. The summed E-state index contributed by atoms with van der Waals surface area (Å²) in [6, 6.07) is 21.8. The predicted molar refractivity (Wildman–Crippen MR) is 131 cm³/mol. The Morgan fingerprint density at radius 3 is 2.47 bits per heavy atom. The van der Waals surface area contributed by atoms with Crippen molar-refractivity contribution in [2.75, 3.05) is 19.0 Å². The van der Waals surface area contributed by atoms with Gasteiger partial charge in [-0.3, -0.25) is 9.59 Å². The standard InChI is InChI=1S/C27H27N3O4/c1-18-7-3-5-9-23(18)19-11-13-20(14-12-19)27(33)30-16-22(29-34-2)15-25(30)26(32)28-24-10-6-4-8-21(24)17-31/h3-14,25,31H,15-17H2,1-2H3,(H,28,32)/b29-22-/t25-/m0/s1. The number of nitrogens with zero attached hydrogens (tertiary/aromatic N) is 2. The number of carbonyl (C=O) groups is 2. The van der Waals surface area contributed by atoms with Crippen molar-refractivity contribution in [1.82, 2.24) is 4.90 Å². The average Bonchev–Trinajstić information content (AvgIpc) is 3.29. The van der Waals surface area contributed by atoms with Gasteiger partial charge in [-0.1, -0.05) is 59.8 Å². The Morgan fingerprint density at radius 1 is 1.06 bits per heavy atom. The van der Waals surface area contributed by atoms with E-state index in [1.165, 1.54) is 12.0 Å². The highest BCUT2D eigenvalue weighted by Gasteiger charge is 2.38. The summed E-state index contributed by atoms with van der Waals surface area (Å²) in [5, 5.41) is 16.4. The largest absolute Gasteiger partial charge is 0.399 e. The molecule has 4 rings (SSSR count). The normalized spacial score (nSPS) is 16.5.